The van der Waals surface area contributed by atoms with E-state index in [1.807, 2.05) is 18.5 Å². The van der Waals surface area contributed by atoms with Crippen molar-refractivity contribution in [1.29, 1.82) is 0 Å². The second-order valence-corrected chi connectivity index (χ2v) is 13.8. The average Bonchev–Trinajstić information content (AvgIpc) is 3.87. The van der Waals surface area contributed by atoms with Gasteiger partial charge in [-0.25, -0.2) is 4.98 Å². The Morgan fingerprint density at radius 2 is 1.58 bits per heavy atom. The number of anilines is 1. The van der Waals surface area contributed by atoms with E-state index in [1.165, 1.54) is 59.5 Å². The molecule has 1 atom stereocenters. The molecular formula is C45H32N4S. The number of hydrogen-bond acceptors (Lipinski definition) is 4. The SMILES string of the molecule is C/C=C\C=C/Cc1cccc(C2=NC(c3cccc(-c4ccc5c(c4)c4c6scnc6cc6c7ccccc7n5c64)c3)Nc3ccccc32)c1. The normalized spacial score (nSPS) is 14.9. The summed E-state index contributed by atoms with van der Waals surface area (Å²) in [6, 6.07) is 44.1. The number of nitrogens with zero attached hydrogens (tertiary/aromatic N) is 3. The molecule has 0 saturated carbocycles. The van der Waals surface area contributed by atoms with Crippen LogP contribution >= 0.6 is 11.3 Å². The van der Waals surface area contributed by atoms with E-state index in [0.29, 0.717) is 0 Å². The Morgan fingerprint density at radius 3 is 2.54 bits per heavy atom. The average molecular weight is 661 g/mol. The minimum absolute atomic E-state index is 0.217. The van der Waals surface area contributed by atoms with Crippen molar-refractivity contribution in [3.63, 3.8) is 0 Å². The Hall–Kier alpha value is -6.04. The molecule has 238 valence electrons. The summed E-state index contributed by atoms with van der Waals surface area (Å²) in [4.78, 5) is 10.1. The molecule has 1 aliphatic heterocycles. The molecule has 1 aliphatic rings. The largest absolute Gasteiger partial charge is 0.360 e. The molecular weight excluding hydrogens is 629 g/mol. The van der Waals surface area contributed by atoms with Gasteiger partial charge in [0, 0.05) is 38.4 Å². The Labute approximate surface area is 293 Å². The van der Waals surface area contributed by atoms with Gasteiger partial charge in [-0.1, -0.05) is 103 Å². The molecule has 50 heavy (non-hydrogen) atoms. The lowest BCUT2D eigenvalue weighted by Crippen LogP contribution is -2.20. The van der Waals surface area contributed by atoms with Gasteiger partial charge in [-0.15, -0.1) is 11.3 Å². The van der Waals surface area contributed by atoms with E-state index in [-0.39, 0.29) is 6.17 Å². The summed E-state index contributed by atoms with van der Waals surface area (Å²) in [6.45, 7) is 2.04. The van der Waals surface area contributed by atoms with Crippen LogP contribution < -0.4 is 5.32 Å². The molecule has 0 aliphatic carbocycles. The first-order chi connectivity index (χ1) is 24.7. The molecule has 10 rings (SSSR count). The third kappa shape index (κ3) is 4.51. The standard InChI is InChI=1S/C45H32N4S/c1-2-3-4-5-12-28-13-10-15-31(23-28)42-34-18-6-8-19-37(34)47-45(48-42)32-16-11-14-29(24-32)30-21-22-40-36(25-30)41-43-35(26-38-44(41)50-27-46-38)33-17-7-9-20-39(33)49(40)43/h2-11,13-27,45,47H,12H2,1H3/b3-2-,5-4-. The summed E-state index contributed by atoms with van der Waals surface area (Å²) in [6.07, 6.45) is 9.08. The molecule has 1 N–H and O–H groups in total. The van der Waals surface area contributed by atoms with Crippen molar-refractivity contribution in [2.75, 3.05) is 5.32 Å². The van der Waals surface area contributed by atoms with Crippen LogP contribution in [0.5, 0.6) is 0 Å². The predicted molar refractivity (Wildman–Crippen MR) is 212 cm³/mol. The van der Waals surface area contributed by atoms with Crippen LogP contribution in [0.25, 0.3) is 59.4 Å². The van der Waals surface area contributed by atoms with E-state index >= 15 is 0 Å². The number of benzene rings is 6. The first-order valence-electron chi connectivity index (χ1n) is 17.1. The van der Waals surface area contributed by atoms with Crippen LogP contribution in [-0.4, -0.2) is 15.1 Å². The maximum Gasteiger partial charge on any atom is 0.145 e. The van der Waals surface area contributed by atoms with Crippen LogP contribution in [-0.2, 0) is 6.42 Å². The number of rotatable bonds is 6. The number of aromatic nitrogens is 2. The van der Waals surface area contributed by atoms with Crippen molar-refractivity contribution in [3.05, 3.63) is 173 Å². The number of allylic oxidation sites excluding steroid dienone is 4. The summed E-state index contributed by atoms with van der Waals surface area (Å²) in [5.74, 6) is 0. The van der Waals surface area contributed by atoms with E-state index in [9.17, 15) is 0 Å². The smallest absolute Gasteiger partial charge is 0.145 e. The molecule has 0 saturated heterocycles. The Bertz CT molecular complexity index is 2850. The molecule has 0 spiro atoms. The van der Waals surface area contributed by atoms with Gasteiger partial charge < -0.3 is 9.72 Å². The second-order valence-electron chi connectivity index (χ2n) is 13.0. The summed E-state index contributed by atoms with van der Waals surface area (Å²) >= 11 is 1.73. The van der Waals surface area contributed by atoms with E-state index in [0.717, 1.165) is 40.0 Å². The van der Waals surface area contributed by atoms with E-state index in [1.54, 1.807) is 11.3 Å². The van der Waals surface area contributed by atoms with Crippen LogP contribution in [0.15, 0.2) is 156 Å². The van der Waals surface area contributed by atoms with Crippen molar-refractivity contribution in [1.82, 2.24) is 9.38 Å². The van der Waals surface area contributed by atoms with Crippen molar-refractivity contribution in [3.8, 4) is 11.1 Å². The molecule has 5 heteroatoms. The Morgan fingerprint density at radius 1 is 0.740 bits per heavy atom. The first kappa shape index (κ1) is 28.9. The number of fused-ring (bicyclic) bond motifs is 9. The topological polar surface area (TPSA) is 41.7 Å². The van der Waals surface area contributed by atoms with Gasteiger partial charge in [0.25, 0.3) is 0 Å². The van der Waals surface area contributed by atoms with Gasteiger partial charge in [0.2, 0.25) is 0 Å². The third-order valence-electron chi connectivity index (χ3n) is 10.0. The highest BCUT2D eigenvalue weighted by Crippen LogP contribution is 2.45. The van der Waals surface area contributed by atoms with Crippen LogP contribution in [0.1, 0.15) is 35.3 Å². The highest BCUT2D eigenvalue weighted by atomic mass is 32.1. The van der Waals surface area contributed by atoms with Gasteiger partial charge in [-0.3, -0.25) is 4.99 Å². The van der Waals surface area contributed by atoms with E-state index in [4.69, 9.17) is 9.98 Å². The zero-order valence-corrected chi connectivity index (χ0v) is 28.3. The van der Waals surface area contributed by atoms with Crippen LogP contribution in [0, 0.1) is 0 Å². The van der Waals surface area contributed by atoms with Crippen LogP contribution in [0.4, 0.5) is 5.69 Å². The summed E-state index contributed by atoms with van der Waals surface area (Å²) < 4.78 is 3.69. The Balaban J connectivity index is 1.08. The van der Waals surface area contributed by atoms with Gasteiger partial charge in [0.1, 0.15) is 6.17 Å². The quantitative estimate of drug-likeness (QED) is 0.180. The van der Waals surface area contributed by atoms with Crippen molar-refractivity contribution < 1.29 is 0 Å². The highest BCUT2D eigenvalue weighted by molar-refractivity contribution is 7.18. The number of aliphatic imine (C=N–C) groups is 1. The van der Waals surface area contributed by atoms with Gasteiger partial charge in [0.05, 0.1) is 38.0 Å². The van der Waals surface area contributed by atoms with Gasteiger partial charge in [-0.05, 0) is 78.1 Å². The van der Waals surface area contributed by atoms with E-state index in [2.05, 4.69) is 149 Å². The maximum atomic E-state index is 5.38. The summed E-state index contributed by atoms with van der Waals surface area (Å²) in [5, 5.41) is 8.83. The molecule has 0 radical (unpaired) electrons. The minimum Gasteiger partial charge on any atom is -0.360 e. The fraction of sp³-hybridized carbons (Fsp3) is 0.0667. The summed E-state index contributed by atoms with van der Waals surface area (Å²) in [5.41, 5.74) is 15.9. The monoisotopic (exact) mass is 660 g/mol. The molecule has 1 unspecified atom stereocenters. The molecule has 0 fully saturated rings. The zero-order chi connectivity index (χ0) is 33.2. The van der Waals surface area contributed by atoms with Gasteiger partial charge in [0.15, 0.2) is 0 Å². The predicted octanol–water partition coefficient (Wildman–Crippen LogP) is 11.7. The number of hydrogen-bond donors (Lipinski definition) is 1. The molecule has 6 aromatic carbocycles. The Kier molecular flexibility index (Phi) is 6.68. The molecule has 9 aromatic rings. The lowest BCUT2D eigenvalue weighted by atomic mass is 9.95. The van der Waals surface area contributed by atoms with Crippen LogP contribution in [0.2, 0.25) is 0 Å². The molecule has 0 amide bonds. The van der Waals surface area contributed by atoms with Gasteiger partial charge in [-0.2, -0.15) is 0 Å². The van der Waals surface area contributed by atoms with Crippen molar-refractivity contribution in [2.24, 2.45) is 4.99 Å². The third-order valence-corrected chi connectivity index (χ3v) is 10.9. The molecule has 0 bridgehead atoms. The summed E-state index contributed by atoms with van der Waals surface area (Å²) in [7, 11) is 0. The van der Waals surface area contributed by atoms with Crippen molar-refractivity contribution >= 4 is 71.0 Å². The lowest BCUT2D eigenvalue weighted by molar-refractivity contribution is 0.828. The number of para-hydroxylation sites is 2. The second kappa shape index (κ2) is 11.5. The van der Waals surface area contributed by atoms with Gasteiger partial charge >= 0.3 is 0 Å². The molecule has 4 heterocycles. The van der Waals surface area contributed by atoms with E-state index < -0.39 is 0 Å². The first-order valence-corrected chi connectivity index (χ1v) is 18.0. The van der Waals surface area contributed by atoms with Crippen molar-refractivity contribution in [2.45, 2.75) is 19.5 Å². The zero-order valence-electron chi connectivity index (χ0n) is 27.5. The fourth-order valence-corrected chi connectivity index (χ4v) is 8.60. The van der Waals surface area contributed by atoms with Crippen LogP contribution in [0.3, 0.4) is 0 Å². The highest BCUT2D eigenvalue weighted by Gasteiger charge is 2.24. The maximum absolute atomic E-state index is 5.38. The number of nitrogens with one attached hydrogen (secondary N) is 1. The fourth-order valence-electron chi connectivity index (χ4n) is 7.77. The molecule has 4 nitrogen and oxygen atoms in total. The molecule has 3 aromatic heterocycles. The number of thiazole rings is 1. The minimum atomic E-state index is -0.217. The lowest BCUT2D eigenvalue weighted by Gasteiger charge is -2.26.